The van der Waals surface area contributed by atoms with E-state index >= 15 is 0 Å². The number of anilines is 1. The molecule has 0 aliphatic rings. The zero-order chi connectivity index (χ0) is 14.1. The van der Waals surface area contributed by atoms with Gasteiger partial charge in [-0.3, -0.25) is 9.48 Å². The summed E-state index contributed by atoms with van der Waals surface area (Å²) in [5.41, 5.74) is 4.06. The average Bonchev–Trinajstić information content (AvgIpc) is 2.97. The van der Waals surface area contributed by atoms with Gasteiger partial charge in [-0.05, 0) is 32.0 Å². The first-order chi connectivity index (χ1) is 9.63. The van der Waals surface area contributed by atoms with E-state index in [1.54, 1.807) is 4.68 Å². The van der Waals surface area contributed by atoms with Gasteiger partial charge in [0.25, 0.3) is 0 Å². The number of nitrogens with one attached hydrogen (secondary N) is 1. The quantitative estimate of drug-likeness (QED) is 0.801. The molecular weight excluding hydrogens is 274 g/mol. The minimum absolute atomic E-state index is 0.128. The summed E-state index contributed by atoms with van der Waals surface area (Å²) in [6, 6.07) is 7.49. The first kappa shape index (κ1) is 12.7. The normalized spacial score (nSPS) is 10.9. The molecule has 102 valence electrons. The third kappa shape index (κ3) is 2.39. The Kier molecular flexibility index (Phi) is 3.19. The topological polar surface area (TPSA) is 72.7 Å². The maximum absolute atomic E-state index is 12.1. The Morgan fingerprint density at radius 3 is 2.95 bits per heavy atom. The Bertz CT molecular complexity index is 776. The van der Waals surface area contributed by atoms with Crippen molar-refractivity contribution in [1.29, 1.82) is 0 Å². The molecule has 1 aromatic carbocycles. The van der Waals surface area contributed by atoms with Gasteiger partial charge in [-0.1, -0.05) is 6.07 Å². The molecule has 0 saturated heterocycles. The van der Waals surface area contributed by atoms with Crippen LogP contribution in [-0.4, -0.2) is 24.4 Å². The van der Waals surface area contributed by atoms with Crippen LogP contribution in [0.4, 0.5) is 5.69 Å². The predicted octanol–water partition coefficient (Wildman–Crippen LogP) is 2.14. The van der Waals surface area contributed by atoms with E-state index in [1.165, 1.54) is 0 Å². The highest BCUT2D eigenvalue weighted by molar-refractivity contribution is 7.00. The van der Waals surface area contributed by atoms with Gasteiger partial charge in [0.15, 0.2) is 0 Å². The lowest BCUT2D eigenvalue weighted by atomic mass is 10.2. The Morgan fingerprint density at radius 1 is 1.35 bits per heavy atom. The van der Waals surface area contributed by atoms with Gasteiger partial charge in [0, 0.05) is 5.69 Å². The molecular formula is C13H13N5OS. The fourth-order valence-corrected chi connectivity index (χ4v) is 2.62. The predicted molar refractivity (Wildman–Crippen MR) is 77.7 cm³/mol. The number of amides is 1. The molecule has 6 nitrogen and oxygen atoms in total. The molecule has 0 unspecified atom stereocenters. The first-order valence-electron chi connectivity index (χ1n) is 6.15. The minimum Gasteiger partial charge on any atom is -0.322 e. The van der Waals surface area contributed by atoms with E-state index in [0.29, 0.717) is 5.69 Å². The standard InChI is InChI=1S/C13H13N5OS/c1-8-6-9(2)18(15-8)7-12(19)14-10-4-3-5-11-13(10)17-20-16-11/h3-6H,7H2,1-2H3,(H,14,19). The highest BCUT2D eigenvalue weighted by Crippen LogP contribution is 2.21. The van der Waals surface area contributed by atoms with Gasteiger partial charge < -0.3 is 5.32 Å². The molecule has 0 atom stereocenters. The van der Waals surface area contributed by atoms with E-state index < -0.39 is 0 Å². The van der Waals surface area contributed by atoms with E-state index in [4.69, 9.17) is 0 Å². The zero-order valence-electron chi connectivity index (χ0n) is 11.1. The van der Waals surface area contributed by atoms with Gasteiger partial charge >= 0.3 is 0 Å². The van der Waals surface area contributed by atoms with Gasteiger partial charge in [0.2, 0.25) is 5.91 Å². The number of hydrogen-bond donors (Lipinski definition) is 1. The average molecular weight is 287 g/mol. The number of aromatic nitrogens is 4. The monoisotopic (exact) mass is 287 g/mol. The number of nitrogens with zero attached hydrogens (tertiary/aromatic N) is 4. The first-order valence-corrected chi connectivity index (χ1v) is 6.89. The van der Waals surface area contributed by atoms with E-state index in [0.717, 1.165) is 34.1 Å². The van der Waals surface area contributed by atoms with Crippen LogP contribution in [0.1, 0.15) is 11.4 Å². The lowest BCUT2D eigenvalue weighted by Gasteiger charge is -2.07. The number of carbonyl (C=O) groups excluding carboxylic acids is 1. The summed E-state index contributed by atoms with van der Waals surface area (Å²) in [6.45, 7) is 4.02. The molecule has 0 aliphatic carbocycles. The Labute approximate surface area is 119 Å². The number of fused-ring (bicyclic) bond motifs is 1. The van der Waals surface area contributed by atoms with Gasteiger partial charge in [0.1, 0.15) is 17.6 Å². The van der Waals surface area contributed by atoms with Crippen molar-refractivity contribution in [3.05, 3.63) is 35.7 Å². The van der Waals surface area contributed by atoms with Crippen molar-refractivity contribution in [2.75, 3.05) is 5.32 Å². The summed E-state index contributed by atoms with van der Waals surface area (Å²) in [5.74, 6) is -0.128. The molecule has 0 radical (unpaired) electrons. The van der Waals surface area contributed by atoms with Crippen molar-refractivity contribution in [3.63, 3.8) is 0 Å². The van der Waals surface area contributed by atoms with Gasteiger partial charge in [-0.25, -0.2) is 0 Å². The molecule has 20 heavy (non-hydrogen) atoms. The van der Waals surface area contributed by atoms with Gasteiger partial charge in [0.05, 0.1) is 23.1 Å². The van der Waals surface area contributed by atoms with Crippen LogP contribution in [0, 0.1) is 13.8 Å². The second-order valence-electron chi connectivity index (χ2n) is 4.57. The fourth-order valence-electron chi connectivity index (χ4n) is 2.07. The third-order valence-electron chi connectivity index (χ3n) is 2.96. The van der Waals surface area contributed by atoms with Crippen molar-refractivity contribution < 1.29 is 4.79 Å². The molecule has 0 bridgehead atoms. The van der Waals surface area contributed by atoms with Crippen LogP contribution in [0.15, 0.2) is 24.3 Å². The largest absolute Gasteiger partial charge is 0.322 e. The molecule has 1 amide bonds. The molecule has 0 spiro atoms. The third-order valence-corrected chi connectivity index (χ3v) is 3.50. The number of aryl methyl sites for hydroxylation is 2. The van der Waals surface area contributed by atoms with E-state index in [-0.39, 0.29) is 12.5 Å². The molecule has 1 N–H and O–H groups in total. The molecule has 7 heteroatoms. The Balaban J connectivity index is 1.79. The van der Waals surface area contributed by atoms with Gasteiger partial charge in [-0.2, -0.15) is 13.8 Å². The zero-order valence-corrected chi connectivity index (χ0v) is 11.9. The second-order valence-corrected chi connectivity index (χ2v) is 5.10. The van der Waals surface area contributed by atoms with Crippen LogP contribution < -0.4 is 5.32 Å². The molecule has 2 aromatic heterocycles. The van der Waals surface area contributed by atoms with Crippen LogP contribution >= 0.6 is 11.7 Å². The molecule has 0 saturated carbocycles. The van der Waals surface area contributed by atoms with E-state index in [1.807, 2.05) is 38.1 Å². The number of benzene rings is 1. The van der Waals surface area contributed by atoms with Crippen LogP contribution in [0.5, 0.6) is 0 Å². The van der Waals surface area contributed by atoms with E-state index in [2.05, 4.69) is 19.2 Å². The Hall–Kier alpha value is -2.28. The maximum atomic E-state index is 12.1. The van der Waals surface area contributed by atoms with Crippen molar-refractivity contribution in [2.24, 2.45) is 0 Å². The summed E-state index contributed by atoms with van der Waals surface area (Å²) in [6.07, 6.45) is 0. The molecule has 3 aromatic rings. The SMILES string of the molecule is Cc1cc(C)n(CC(=O)Nc2cccc3nsnc23)n1. The summed E-state index contributed by atoms with van der Waals surface area (Å²) in [5, 5.41) is 7.13. The summed E-state index contributed by atoms with van der Waals surface area (Å²) < 4.78 is 10.0. The molecule has 0 aliphatic heterocycles. The summed E-state index contributed by atoms with van der Waals surface area (Å²) in [7, 11) is 0. The highest BCUT2D eigenvalue weighted by Gasteiger charge is 2.10. The number of rotatable bonds is 3. The van der Waals surface area contributed by atoms with Gasteiger partial charge in [-0.15, -0.1) is 0 Å². The minimum atomic E-state index is -0.128. The van der Waals surface area contributed by atoms with Crippen LogP contribution in [-0.2, 0) is 11.3 Å². The van der Waals surface area contributed by atoms with Crippen molar-refractivity contribution in [2.45, 2.75) is 20.4 Å². The lowest BCUT2D eigenvalue weighted by Crippen LogP contribution is -2.20. The van der Waals surface area contributed by atoms with Crippen molar-refractivity contribution in [3.8, 4) is 0 Å². The fraction of sp³-hybridized carbons (Fsp3) is 0.231. The summed E-state index contributed by atoms with van der Waals surface area (Å²) >= 11 is 1.14. The lowest BCUT2D eigenvalue weighted by molar-refractivity contribution is -0.116. The van der Waals surface area contributed by atoms with Crippen LogP contribution in [0.3, 0.4) is 0 Å². The highest BCUT2D eigenvalue weighted by atomic mass is 32.1. The van der Waals surface area contributed by atoms with Crippen molar-refractivity contribution >= 4 is 34.4 Å². The molecule has 0 fully saturated rings. The van der Waals surface area contributed by atoms with E-state index in [9.17, 15) is 4.79 Å². The number of carbonyl (C=O) groups is 1. The smallest absolute Gasteiger partial charge is 0.246 e. The van der Waals surface area contributed by atoms with Crippen LogP contribution in [0.2, 0.25) is 0 Å². The summed E-state index contributed by atoms with van der Waals surface area (Å²) in [4.78, 5) is 12.1. The van der Waals surface area contributed by atoms with Crippen molar-refractivity contribution in [1.82, 2.24) is 18.5 Å². The molecule has 3 rings (SSSR count). The maximum Gasteiger partial charge on any atom is 0.246 e. The number of hydrogen-bond acceptors (Lipinski definition) is 5. The molecule has 2 heterocycles. The second kappa shape index (κ2) is 5.01. The Morgan fingerprint density at radius 2 is 2.20 bits per heavy atom. The van der Waals surface area contributed by atoms with Crippen LogP contribution in [0.25, 0.3) is 11.0 Å².